The Morgan fingerprint density at radius 1 is 1.15 bits per heavy atom. The quantitative estimate of drug-likeness (QED) is 0.764. The Morgan fingerprint density at radius 3 is 2.60 bits per heavy atom. The molecule has 20 heavy (non-hydrogen) atoms. The first kappa shape index (κ1) is 15.1. The Kier molecular flexibility index (Phi) is 5.20. The summed E-state index contributed by atoms with van der Waals surface area (Å²) in [5.41, 5.74) is 2.41. The van der Waals surface area contributed by atoms with Crippen LogP contribution in [0.3, 0.4) is 0 Å². The SMILES string of the molecule is COC(=O)c1ccccc1NCc1ccc(Br)c(Br)c1. The average Bonchev–Trinajstić information content (AvgIpc) is 2.48. The van der Waals surface area contributed by atoms with E-state index < -0.39 is 0 Å². The van der Waals surface area contributed by atoms with Gasteiger partial charge in [0.05, 0.1) is 12.7 Å². The van der Waals surface area contributed by atoms with Crippen LogP contribution in [0.1, 0.15) is 15.9 Å². The minimum Gasteiger partial charge on any atom is -0.465 e. The molecule has 0 spiro atoms. The summed E-state index contributed by atoms with van der Waals surface area (Å²) in [6.45, 7) is 0.625. The van der Waals surface area contributed by atoms with Crippen molar-refractivity contribution < 1.29 is 9.53 Å². The van der Waals surface area contributed by atoms with Crippen molar-refractivity contribution in [2.45, 2.75) is 6.54 Å². The molecule has 0 aliphatic rings. The highest BCUT2D eigenvalue weighted by Gasteiger charge is 2.10. The number of halogens is 2. The van der Waals surface area contributed by atoms with Gasteiger partial charge in [-0.2, -0.15) is 0 Å². The normalized spacial score (nSPS) is 10.2. The summed E-state index contributed by atoms with van der Waals surface area (Å²) in [5.74, 6) is -0.343. The van der Waals surface area contributed by atoms with Crippen LogP contribution in [-0.2, 0) is 11.3 Å². The fraction of sp³-hybridized carbons (Fsp3) is 0.133. The van der Waals surface area contributed by atoms with E-state index in [4.69, 9.17) is 4.74 Å². The average molecular weight is 399 g/mol. The second-order valence-electron chi connectivity index (χ2n) is 4.14. The number of anilines is 1. The van der Waals surface area contributed by atoms with E-state index in [-0.39, 0.29) is 5.97 Å². The zero-order valence-electron chi connectivity index (χ0n) is 10.8. The van der Waals surface area contributed by atoms with Gasteiger partial charge in [-0.1, -0.05) is 18.2 Å². The van der Waals surface area contributed by atoms with Crippen molar-refractivity contribution >= 4 is 43.5 Å². The Hall–Kier alpha value is -1.33. The molecule has 0 aromatic heterocycles. The molecular formula is C15H13Br2NO2. The molecule has 0 saturated carbocycles. The number of esters is 1. The van der Waals surface area contributed by atoms with E-state index in [2.05, 4.69) is 37.2 Å². The maximum Gasteiger partial charge on any atom is 0.339 e. The van der Waals surface area contributed by atoms with E-state index in [1.807, 2.05) is 36.4 Å². The van der Waals surface area contributed by atoms with Gasteiger partial charge in [0.2, 0.25) is 0 Å². The number of ether oxygens (including phenoxy) is 1. The van der Waals surface area contributed by atoms with Gasteiger partial charge < -0.3 is 10.1 Å². The van der Waals surface area contributed by atoms with Gasteiger partial charge in [0.25, 0.3) is 0 Å². The Balaban J connectivity index is 2.14. The minimum atomic E-state index is -0.343. The van der Waals surface area contributed by atoms with Crippen LogP contribution in [0.5, 0.6) is 0 Å². The van der Waals surface area contributed by atoms with Crippen LogP contribution in [0.4, 0.5) is 5.69 Å². The van der Waals surface area contributed by atoms with Crippen LogP contribution in [0.2, 0.25) is 0 Å². The number of para-hydroxylation sites is 1. The highest BCUT2D eigenvalue weighted by Crippen LogP contribution is 2.24. The topological polar surface area (TPSA) is 38.3 Å². The summed E-state index contributed by atoms with van der Waals surface area (Å²) in [6, 6.07) is 13.3. The number of hydrogen-bond acceptors (Lipinski definition) is 3. The molecule has 2 aromatic carbocycles. The zero-order valence-corrected chi connectivity index (χ0v) is 14.0. The first-order valence-corrected chi connectivity index (χ1v) is 7.55. The summed E-state index contributed by atoms with van der Waals surface area (Å²) in [5, 5.41) is 3.25. The third-order valence-corrected chi connectivity index (χ3v) is 4.68. The Labute approximate surface area is 134 Å². The van der Waals surface area contributed by atoms with E-state index >= 15 is 0 Å². The third-order valence-electron chi connectivity index (χ3n) is 2.80. The molecule has 2 aromatic rings. The van der Waals surface area contributed by atoms with E-state index in [0.29, 0.717) is 12.1 Å². The van der Waals surface area contributed by atoms with E-state index in [9.17, 15) is 4.79 Å². The van der Waals surface area contributed by atoms with Gasteiger partial charge in [-0.05, 0) is 61.7 Å². The molecule has 2 rings (SSSR count). The molecule has 0 aliphatic carbocycles. The van der Waals surface area contributed by atoms with Crippen LogP contribution in [0.15, 0.2) is 51.4 Å². The summed E-state index contributed by atoms with van der Waals surface area (Å²) < 4.78 is 6.78. The van der Waals surface area contributed by atoms with Gasteiger partial charge in [-0.15, -0.1) is 0 Å². The lowest BCUT2D eigenvalue weighted by molar-refractivity contribution is 0.0602. The van der Waals surface area contributed by atoms with Crippen molar-refractivity contribution in [3.63, 3.8) is 0 Å². The van der Waals surface area contributed by atoms with Gasteiger partial charge in [0, 0.05) is 21.2 Å². The van der Waals surface area contributed by atoms with Crippen molar-refractivity contribution in [1.29, 1.82) is 0 Å². The third kappa shape index (κ3) is 3.61. The van der Waals surface area contributed by atoms with Crippen LogP contribution in [0, 0.1) is 0 Å². The largest absolute Gasteiger partial charge is 0.465 e. The van der Waals surface area contributed by atoms with Crippen molar-refractivity contribution in [3.05, 3.63) is 62.5 Å². The number of carbonyl (C=O) groups is 1. The number of benzene rings is 2. The predicted molar refractivity (Wildman–Crippen MR) is 87.0 cm³/mol. The molecule has 0 atom stereocenters. The van der Waals surface area contributed by atoms with Crippen LogP contribution < -0.4 is 5.32 Å². The molecular weight excluding hydrogens is 386 g/mol. The summed E-state index contributed by atoms with van der Waals surface area (Å²) >= 11 is 6.91. The van der Waals surface area contributed by atoms with Crippen LogP contribution >= 0.6 is 31.9 Å². The Morgan fingerprint density at radius 2 is 1.90 bits per heavy atom. The van der Waals surface area contributed by atoms with Crippen molar-refractivity contribution in [2.75, 3.05) is 12.4 Å². The second-order valence-corrected chi connectivity index (χ2v) is 5.85. The van der Waals surface area contributed by atoms with Gasteiger partial charge in [0.15, 0.2) is 0 Å². The van der Waals surface area contributed by atoms with E-state index in [1.165, 1.54) is 7.11 Å². The summed E-state index contributed by atoms with van der Waals surface area (Å²) in [4.78, 5) is 11.7. The highest BCUT2D eigenvalue weighted by atomic mass is 79.9. The van der Waals surface area contributed by atoms with E-state index in [0.717, 1.165) is 20.2 Å². The zero-order chi connectivity index (χ0) is 14.5. The van der Waals surface area contributed by atoms with Gasteiger partial charge in [-0.3, -0.25) is 0 Å². The standard InChI is InChI=1S/C15H13Br2NO2/c1-20-15(19)11-4-2-3-5-14(11)18-9-10-6-7-12(16)13(17)8-10/h2-8,18H,9H2,1H3. The predicted octanol–water partition coefficient (Wildman–Crippen LogP) is 4.61. The smallest absolute Gasteiger partial charge is 0.339 e. The fourth-order valence-electron chi connectivity index (χ4n) is 1.77. The molecule has 0 heterocycles. The first-order chi connectivity index (χ1) is 9.61. The second kappa shape index (κ2) is 6.90. The van der Waals surface area contributed by atoms with Gasteiger partial charge in [0.1, 0.15) is 0 Å². The number of rotatable bonds is 4. The molecule has 0 amide bonds. The van der Waals surface area contributed by atoms with Gasteiger partial charge >= 0.3 is 5.97 Å². The lowest BCUT2D eigenvalue weighted by Crippen LogP contribution is -2.08. The molecule has 5 heteroatoms. The maximum absolute atomic E-state index is 11.7. The lowest BCUT2D eigenvalue weighted by atomic mass is 10.1. The minimum absolute atomic E-state index is 0.343. The van der Waals surface area contributed by atoms with Crippen molar-refractivity contribution in [2.24, 2.45) is 0 Å². The molecule has 3 nitrogen and oxygen atoms in total. The molecule has 0 aliphatic heterocycles. The monoisotopic (exact) mass is 397 g/mol. The van der Waals surface area contributed by atoms with Gasteiger partial charge in [-0.25, -0.2) is 4.79 Å². The number of nitrogens with one attached hydrogen (secondary N) is 1. The number of methoxy groups -OCH3 is 1. The fourth-order valence-corrected chi connectivity index (χ4v) is 2.44. The molecule has 0 saturated heterocycles. The molecule has 104 valence electrons. The van der Waals surface area contributed by atoms with Crippen LogP contribution in [0.25, 0.3) is 0 Å². The Bertz CT molecular complexity index is 629. The van der Waals surface area contributed by atoms with Crippen molar-refractivity contribution in [3.8, 4) is 0 Å². The molecule has 0 radical (unpaired) electrons. The highest BCUT2D eigenvalue weighted by molar-refractivity contribution is 9.13. The number of hydrogen-bond donors (Lipinski definition) is 1. The summed E-state index contributed by atoms with van der Waals surface area (Å²) in [7, 11) is 1.38. The molecule has 0 unspecified atom stereocenters. The van der Waals surface area contributed by atoms with Crippen LogP contribution in [-0.4, -0.2) is 13.1 Å². The lowest BCUT2D eigenvalue weighted by Gasteiger charge is -2.11. The van der Waals surface area contributed by atoms with Crippen molar-refractivity contribution in [1.82, 2.24) is 0 Å². The first-order valence-electron chi connectivity index (χ1n) is 5.97. The summed E-state index contributed by atoms with van der Waals surface area (Å²) in [6.07, 6.45) is 0. The molecule has 0 bridgehead atoms. The molecule has 1 N–H and O–H groups in total. The molecule has 0 fully saturated rings. The van der Waals surface area contributed by atoms with E-state index in [1.54, 1.807) is 6.07 Å². The number of carbonyl (C=O) groups excluding carboxylic acids is 1. The maximum atomic E-state index is 11.7.